The van der Waals surface area contributed by atoms with Crippen LogP contribution in [0.15, 0.2) is 176 Å². The summed E-state index contributed by atoms with van der Waals surface area (Å²) < 4.78 is 7.92. The molecule has 0 aliphatic carbocycles. The van der Waals surface area contributed by atoms with Crippen molar-refractivity contribution >= 4 is 27.9 Å². The lowest BCUT2D eigenvalue weighted by atomic mass is 9.82. The molecule has 0 amide bonds. The summed E-state index contributed by atoms with van der Waals surface area (Å²) >= 11 is 0. The summed E-state index contributed by atoms with van der Waals surface area (Å²) in [6.07, 6.45) is 0. The zero-order valence-corrected chi connectivity index (χ0v) is 26.7. The predicted molar refractivity (Wildman–Crippen MR) is 194 cm³/mol. The summed E-state index contributed by atoms with van der Waals surface area (Å²) in [5.41, 5.74) is 9.79. The minimum absolute atomic E-state index is 0.0492. The van der Waals surface area contributed by atoms with Crippen LogP contribution in [0.5, 0.6) is 5.75 Å². The number of rotatable bonds is 8. The van der Waals surface area contributed by atoms with Gasteiger partial charge in [-0.25, -0.2) is 0 Å². The third-order valence-corrected chi connectivity index (χ3v) is 9.22. The minimum atomic E-state index is -0.302. The topological polar surface area (TPSA) is 34.5 Å². The molecule has 7 aromatic rings. The van der Waals surface area contributed by atoms with Crippen molar-refractivity contribution in [3.8, 4) is 5.75 Å². The van der Waals surface area contributed by atoms with Crippen LogP contribution < -0.4 is 9.64 Å². The highest BCUT2D eigenvalue weighted by Crippen LogP contribution is 2.51. The molecule has 1 atom stereocenters. The van der Waals surface area contributed by atoms with Gasteiger partial charge in [-0.05, 0) is 59.2 Å². The van der Waals surface area contributed by atoms with Gasteiger partial charge in [0.1, 0.15) is 11.8 Å². The molecule has 6 aromatic carbocycles. The zero-order chi connectivity index (χ0) is 32.5. The lowest BCUT2D eigenvalue weighted by Gasteiger charge is -2.41. The summed E-state index contributed by atoms with van der Waals surface area (Å²) in [6, 6.07) is 57.7. The highest BCUT2D eigenvalue weighted by molar-refractivity contribution is 6.20. The van der Waals surface area contributed by atoms with Crippen LogP contribution in [0.25, 0.3) is 16.5 Å². The number of aromatic nitrogens is 1. The van der Waals surface area contributed by atoms with Gasteiger partial charge in [0.2, 0.25) is 5.78 Å². The number of carbonyl (C=O) groups excluding carboxylic acids is 1. The first-order valence-electron chi connectivity index (χ1n) is 16.3. The normalized spacial score (nSPS) is 14.2. The van der Waals surface area contributed by atoms with E-state index in [4.69, 9.17) is 4.74 Å². The second kappa shape index (κ2) is 12.6. The molecular weight excluding hydrogens is 588 g/mol. The number of allylic oxidation sites excluding steroid dienone is 1. The van der Waals surface area contributed by atoms with Crippen LogP contribution in [0.4, 0.5) is 5.69 Å². The van der Waals surface area contributed by atoms with Gasteiger partial charge in [-0.1, -0.05) is 127 Å². The second-order valence-electron chi connectivity index (χ2n) is 12.0. The molecule has 1 aliphatic heterocycles. The van der Waals surface area contributed by atoms with Gasteiger partial charge in [-0.3, -0.25) is 4.79 Å². The predicted octanol–water partition coefficient (Wildman–Crippen LogP) is 9.95. The number of hydrogen-bond donors (Lipinski definition) is 0. The Morgan fingerprint density at radius 3 is 1.90 bits per heavy atom. The zero-order valence-electron chi connectivity index (χ0n) is 26.7. The third kappa shape index (κ3) is 5.08. The van der Waals surface area contributed by atoms with E-state index in [0.29, 0.717) is 23.6 Å². The van der Waals surface area contributed by atoms with E-state index in [9.17, 15) is 0 Å². The summed E-state index contributed by atoms with van der Waals surface area (Å²) in [5, 5.41) is 1.12. The molecule has 0 saturated heterocycles. The molecular formula is C44H34N2O2. The molecule has 1 unspecified atom stereocenters. The van der Waals surface area contributed by atoms with Gasteiger partial charge >= 0.3 is 0 Å². The fourth-order valence-corrected chi connectivity index (χ4v) is 7.09. The van der Waals surface area contributed by atoms with Crippen molar-refractivity contribution < 1.29 is 9.53 Å². The van der Waals surface area contributed by atoms with Gasteiger partial charge in [-0.15, -0.1) is 0 Å². The number of nitrogens with zero attached hydrogens (tertiary/aromatic N) is 2. The molecule has 4 nitrogen and oxygen atoms in total. The van der Waals surface area contributed by atoms with Gasteiger partial charge in [0, 0.05) is 39.8 Å². The summed E-state index contributed by atoms with van der Waals surface area (Å²) in [4.78, 5) is 17.5. The monoisotopic (exact) mass is 622 g/mol. The fourth-order valence-electron chi connectivity index (χ4n) is 7.09. The first-order valence-corrected chi connectivity index (χ1v) is 16.3. The Morgan fingerprint density at radius 1 is 0.646 bits per heavy atom. The molecule has 0 saturated carbocycles. The summed E-state index contributed by atoms with van der Waals surface area (Å²) in [7, 11) is 1.64. The molecule has 1 aromatic heterocycles. The maximum absolute atomic E-state index is 15.2. The fraction of sp³-hybridized carbons (Fsp3) is 0.0682. The average molecular weight is 623 g/mol. The highest BCUT2D eigenvalue weighted by atomic mass is 16.5. The summed E-state index contributed by atoms with van der Waals surface area (Å²) in [5.74, 6) is 0.660. The number of fused-ring (bicyclic) bond motifs is 3. The molecule has 0 N–H and O–H groups in total. The highest BCUT2D eigenvalue weighted by Gasteiger charge is 2.42. The maximum Gasteiger partial charge on any atom is 0.210 e. The van der Waals surface area contributed by atoms with E-state index in [1.807, 2.05) is 54.6 Å². The molecule has 0 spiro atoms. The Balaban J connectivity index is 1.54. The quantitative estimate of drug-likeness (QED) is 0.158. The lowest BCUT2D eigenvalue weighted by molar-refractivity contribution is 0.103. The number of anilines is 1. The molecule has 2 heterocycles. The van der Waals surface area contributed by atoms with E-state index in [1.165, 1.54) is 5.56 Å². The van der Waals surface area contributed by atoms with Crippen LogP contribution in [0.2, 0.25) is 0 Å². The Morgan fingerprint density at radius 2 is 1.23 bits per heavy atom. The molecule has 48 heavy (non-hydrogen) atoms. The number of ketones is 1. The second-order valence-corrected chi connectivity index (χ2v) is 12.0. The van der Waals surface area contributed by atoms with Crippen molar-refractivity contribution in [1.29, 1.82) is 0 Å². The molecule has 0 fully saturated rings. The molecule has 8 rings (SSSR count). The van der Waals surface area contributed by atoms with E-state index in [1.54, 1.807) is 7.11 Å². The van der Waals surface area contributed by atoms with Crippen LogP contribution >= 0.6 is 0 Å². The Hall–Kier alpha value is -6.13. The van der Waals surface area contributed by atoms with Crippen LogP contribution in [-0.2, 0) is 6.54 Å². The number of para-hydroxylation sites is 2. The van der Waals surface area contributed by atoms with E-state index in [2.05, 4.69) is 125 Å². The molecule has 232 valence electrons. The van der Waals surface area contributed by atoms with Crippen molar-refractivity contribution in [3.63, 3.8) is 0 Å². The van der Waals surface area contributed by atoms with E-state index >= 15 is 4.79 Å². The first-order chi connectivity index (χ1) is 23.7. The number of hydrogen-bond acceptors (Lipinski definition) is 3. The summed E-state index contributed by atoms with van der Waals surface area (Å²) in [6.45, 7) is 0.687. The number of Topliss-reactive ketones (excluding diaryl/α,β-unsaturated/α-hetero) is 1. The smallest absolute Gasteiger partial charge is 0.210 e. The maximum atomic E-state index is 15.2. The van der Waals surface area contributed by atoms with E-state index < -0.39 is 0 Å². The third-order valence-electron chi connectivity index (χ3n) is 9.22. The Labute approximate surface area is 280 Å². The van der Waals surface area contributed by atoms with Crippen molar-refractivity contribution in [3.05, 3.63) is 209 Å². The SMILES string of the molecule is COc1ccc(C(=O)C2=C(c3ccccc3)c3c(n(Cc4ccccc4)c4ccccc34)C(c3ccccc3)N2c2ccccc2)cc1. The molecule has 0 radical (unpaired) electrons. The van der Waals surface area contributed by atoms with E-state index in [0.717, 1.165) is 44.5 Å². The Kier molecular flexibility index (Phi) is 7.67. The molecule has 0 bridgehead atoms. The van der Waals surface area contributed by atoms with Crippen LogP contribution in [0.3, 0.4) is 0 Å². The van der Waals surface area contributed by atoms with Gasteiger partial charge in [0.15, 0.2) is 0 Å². The van der Waals surface area contributed by atoms with E-state index in [-0.39, 0.29) is 11.8 Å². The first kappa shape index (κ1) is 29.3. The van der Waals surface area contributed by atoms with Crippen LogP contribution in [0, 0.1) is 0 Å². The van der Waals surface area contributed by atoms with Gasteiger partial charge in [0.25, 0.3) is 0 Å². The average Bonchev–Trinajstić information content (AvgIpc) is 3.48. The molecule has 4 heteroatoms. The van der Waals surface area contributed by atoms with Crippen LogP contribution in [0.1, 0.15) is 44.3 Å². The van der Waals surface area contributed by atoms with Crippen molar-refractivity contribution in [2.45, 2.75) is 12.6 Å². The number of carbonyl (C=O) groups is 1. The van der Waals surface area contributed by atoms with Gasteiger partial charge in [-0.2, -0.15) is 0 Å². The standard InChI is InChI=1S/C44H34N2O2/c1-48-36-28-26-34(27-29-36)44(47)43-39(32-18-8-3-9-19-32)40-37-24-14-15-25-38(37)45(30-31-16-6-2-7-17-31)42(40)41(33-20-10-4-11-21-33)46(43)35-22-12-5-13-23-35/h2-29,41H,30H2,1H3. The van der Waals surface area contributed by atoms with Gasteiger partial charge < -0.3 is 14.2 Å². The minimum Gasteiger partial charge on any atom is -0.497 e. The van der Waals surface area contributed by atoms with Crippen molar-refractivity contribution in [2.75, 3.05) is 12.0 Å². The number of methoxy groups -OCH3 is 1. The Bertz CT molecular complexity index is 2240. The number of ether oxygens (including phenoxy) is 1. The van der Waals surface area contributed by atoms with Crippen molar-refractivity contribution in [2.24, 2.45) is 0 Å². The van der Waals surface area contributed by atoms with Crippen molar-refractivity contribution in [1.82, 2.24) is 4.57 Å². The van der Waals surface area contributed by atoms with Crippen LogP contribution in [-0.4, -0.2) is 17.5 Å². The lowest BCUT2D eigenvalue weighted by Crippen LogP contribution is -2.38. The molecule has 1 aliphatic rings. The number of benzene rings is 6. The van der Waals surface area contributed by atoms with Gasteiger partial charge in [0.05, 0.1) is 18.5 Å². The largest absolute Gasteiger partial charge is 0.497 e.